The van der Waals surface area contributed by atoms with Crippen LogP contribution in [0.1, 0.15) is 23.7 Å². The maximum atomic E-state index is 5.91. The summed E-state index contributed by atoms with van der Waals surface area (Å²) < 4.78 is 5.91. The molecule has 0 aliphatic rings. The van der Waals surface area contributed by atoms with Crippen molar-refractivity contribution in [3.63, 3.8) is 0 Å². The van der Waals surface area contributed by atoms with Gasteiger partial charge < -0.3 is 9.73 Å². The zero-order valence-electron chi connectivity index (χ0n) is 14.0. The topological polar surface area (TPSA) is 51.0 Å². The van der Waals surface area contributed by atoms with E-state index < -0.39 is 0 Å². The molecule has 1 atom stereocenters. The molecule has 1 aromatic carbocycles. The van der Waals surface area contributed by atoms with E-state index >= 15 is 0 Å². The highest BCUT2D eigenvalue weighted by Crippen LogP contribution is 2.24. The number of thiazole rings is 1. The molecule has 0 spiro atoms. The maximum Gasteiger partial charge on any atom is 0.134 e. The van der Waals surface area contributed by atoms with Crippen LogP contribution in [0.25, 0.3) is 22.4 Å². The molecule has 0 saturated carbocycles. The number of para-hydroxylation sites is 1. The van der Waals surface area contributed by atoms with E-state index in [1.807, 2.05) is 36.4 Å². The lowest BCUT2D eigenvalue weighted by Crippen LogP contribution is -2.20. The van der Waals surface area contributed by atoms with Gasteiger partial charge in [-0.3, -0.25) is 4.98 Å². The fourth-order valence-corrected chi connectivity index (χ4v) is 3.56. The van der Waals surface area contributed by atoms with Crippen LogP contribution in [0.5, 0.6) is 0 Å². The first-order chi connectivity index (χ1) is 12.3. The van der Waals surface area contributed by atoms with Crippen LogP contribution in [0.15, 0.2) is 64.5 Å². The molecule has 4 aromatic rings. The summed E-state index contributed by atoms with van der Waals surface area (Å²) in [5.74, 6) is 0.967. The molecule has 4 rings (SSSR count). The van der Waals surface area contributed by atoms with Crippen molar-refractivity contribution in [2.24, 2.45) is 0 Å². The van der Waals surface area contributed by atoms with Gasteiger partial charge in [0.25, 0.3) is 0 Å². The van der Waals surface area contributed by atoms with Crippen molar-refractivity contribution in [3.05, 3.63) is 70.9 Å². The van der Waals surface area contributed by atoms with Crippen molar-refractivity contribution in [1.82, 2.24) is 15.3 Å². The molecule has 0 fully saturated rings. The van der Waals surface area contributed by atoms with Gasteiger partial charge in [0.05, 0.1) is 22.4 Å². The Hall–Kier alpha value is -2.50. The van der Waals surface area contributed by atoms with Crippen molar-refractivity contribution in [1.29, 1.82) is 0 Å². The molecule has 3 heterocycles. The molecule has 5 heteroatoms. The molecule has 25 heavy (non-hydrogen) atoms. The van der Waals surface area contributed by atoms with E-state index in [2.05, 4.69) is 39.7 Å². The van der Waals surface area contributed by atoms with Crippen molar-refractivity contribution >= 4 is 22.3 Å². The highest BCUT2D eigenvalue weighted by molar-refractivity contribution is 7.09. The summed E-state index contributed by atoms with van der Waals surface area (Å²) >= 11 is 1.68. The largest absolute Gasteiger partial charge is 0.459 e. The lowest BCUT2D eigenvalue weighted by atomic mass is 10.2. The van der Waals surface area contributed by atoms with Gasteiger partial charge in [-0.25, -0.2) is 4.98 Å². The van der Waals surface area contributed by atoms with Gasteiger partial charge >= 0.3 is 0 Å². The van der Waals surface area contributed by atoms with E-state index in [1.54, 1.807) is 17.5 Å². The van der Waals surface area contributed by atoms with Crippen LogP contribution in [0.2, 0.25) is 0 Å². The van der Waals surface area contributed by atoms with Crippen molar-refractivity contribution < 1.29 is 4.42 Å². The average Bonchev–Trinajstić information content (AvgIpc) is 3.29. The summed E-state index contributed by atoms with van der Waals surface area (Å²) in [5, 5.41) is 7.84. The molecule has 0 bridgehead atoms. The van der Waals surface area contributed by atoms with Gasteiger partial charge in [0, 0.05) is 29.9 Å². The van der Waals surface area contributed by atoms with Crippen LogP contribution in [0.4, 0.5) is 0 Å². The number of fused-ring (bicyclic) bond motifs is 1. The molecule has 0 saturated heterocycles. The summed E-state index contributed by atoms with van der Waals surface area (Å²) in [7, 11) is 0. The Morgan fingerprint density at radius 1 is 1.12 bits per heavy atom. The maximum absolute atomic E-state index is 5.91. The van der Waals surface area contributed by atoms with E-state index in [9.17, 15) is 0 Å². The average molecular weight is 349 g/mol. The zero-order valence-corrected chi connectivity index (χ0v) is 14.8. The monoisotopic (exact) mass is 349 g/mol. The number of nitrogens with one attached hydrogen (secondary N) is 1. The van der Waals surface area contributed by atoms with Crippen LogP contribution >= 0.6 is 11.3 Å². The fourth-order valence-electron chi connectivity index (χ4n) is 2.77. The van der Waals surface area contributed by atoms with Crippen LogP contribution in [-0.2, 0) is 6.42 Å². The van der Waals surface area contributed by atoms with Crippen molar-refractivity contribution in [2.75, 3.05) is 6.54 Å². The molecule has 4 nitrogen and oxygen atoms in total. The summed E-state index contributed by atoms with van der Waals surface area (Å²) in [6.45, 7) is 2.98. The smallest absolute Gasteiger partial charge is 0.134 e. The predicted octanol–water partition coefficient (Wildman–Crippen LogP) is 4.84. The minimum atomic E-state index is 0.169. The van der Waals surface area contributed by atoms with Gasteiger partial charge in [0.2, 0.25) is 0 Å². The van der Waals surface area contributed by atoms with E-state index in [4.69, 9.17) is 4.42 Å². The van der Waals surface area contributed by atoms with Gasteiger partial charge in [-0.2, -0.15) is 0 Å². The van der Waals surface area contributed by atoms with Gasteiger partial charge in [-0.15, -0.1) is 11.3 Å². The second kappa shape index (κ2) is 7.17. The predicted molar refractivity (Wildman–Crippen MR) is 102 cm³/mol. The zero-order chi connectivity index (χ0) is 17.1. The van der Waals surface area contributed by atoms with E-state index in [0.717, 1.165) is 46.1 Å². The third kappa shape index (κ3) is 3.62. The minimum Gasteiger partial charge on any atom is -0.459 e. The molecular weight excluding hydrogens is 330 g/mol. The second-order valence-electron chi connectivity index (χ2n) is 5.95. The Kier molecular flexibility index (Phi) is 4.59. The Balaban J connectivity index is 1.35. The highest BCUT2D eigenvalue weighted by Gasteiger charge is 2.11. The Labute approximate surface area is 150 Å². The molecular formula is C20H19N3OS. The van der Waals surface area contributed by atoms with Crippen LogP contribution in [0, 0.1) is 0 Å². The number of pyridine rings is 1. The van der Waals surface area contributed by atoms with Crippen LogP contribution < -0.4 is 5.32 Å². The Morgan fingerprint density at radius 2 is 2.00 bits per heavy atom. The van der Waals surface area contributed by atoms with E-state index in [0.29, 0.717) is 0 Å². The first-order valence-corrected chi connectivity index (χ1v) is 9.25. The van der Waals surface area contributed by atoms with Gasteiger partial charge in [-0.1, -0.05) is 24.3 Å². The van der Waals surface area contributed by atoms with Crippen molar-refractivity contribution in [2.45, 2.75) is 19.4 Å². The molecule has 0 unspecified atom stereocenters. The fraction of sp³-hybridized carbons (Fsp3) is 0.200. The third-order valence-electron chi connectivity index (χ3n) is 4.14. The number of rotatable bonds is 6. The van der Waals surface area contributed by atoms with Gasteiger partial charge in [0.15, 0.2) is 0 Å². The lowest BCUT2D eigenvalue weighted by Gasteiger charge is -2.10. The first-order valence-electron chi connectivity index (χ1n) is 8.37. The summed E-state index contributed by atoms with van der Waals surface area (Å²) in [5.41, 5.74) is 2.81. The van der Waals surface area contributed by atoms with Gasteiger partial charge in [-0.05, 0) is 31.2 Å². The third-order valence-corrected chi connectivity index (χ3v) is 5.05. The summed E-state index contributed by atoms with van der Waals surface area (Å²) in [6.07, 6.45) is 2.69. The normalized spacial score (nSPS) is 12.5. The molecule has 1 N–H and O–H groups in total. The SMILES string of the molecule is C[C@H](NCCc1nc(-c2ccccn2)cs1)c1cc2ccccc2o1. The first kappa shape index (κ1) is 16.0. The standard InChI is InChI=1S/C20H19N3OS/c1-14(19-12-15-6-2-3-8-18(15)24-19)21-11-9-20-23-17(13-25-20)16-7-4-5-10-22-16/h2-8,10,12-14,21H,9,11H2,1H3/t14-/m0/s1. The number of hydrogen-bond donors (Lipinski definition) is 1. The molecule has 0 aliphatic carbocycles. The number of furan rings is 1. The van der Waals surface area contributed by atoms with E-state index in [-0.39, 0.29) is 6.04 Å². The minimum absolute atomic E-state index is 0.169. The number of aromatic nitrogens is 2. The summed E-state index contributed by atoms with van der Waals surface area (Å²) in [6, 6.07) is 16.3. The lowest BCUT2D eigenvalue weighted by molar-refractivity contribution is 0.453. The van der Waals surface area contributed by atoms with Crippen LogP contribution in [0.3, 0.4) is 0 Å². The number of nitrogens with zero attached hydrogens (tertiary/aromatic N) is 2. The molecule has 126 valence electrons. The van der Waals surface area contributed by atoms with E-state index in [1.165, 1.54) is 0 Å². The number of benzene rings is 1. The second-order valence-corrected chi connectivity index (χ2v) is 6.90. The molecule has 0 aliphatic heterocycles. The molecule has 0 amide bonds. The Bertz CT molecular complexity index is 928. The summed E-state index contributed by atoms with van der Waals surface area (Å²) in [4.78, 5) is 9.02. The highest BCUT2D eigenvalue weighted by atomic mass is 32.1. The van der Waals surface area contributed by atoms with Gasteiger partial charge in [0.1, 0.15) is 11.3 Å². The van der Waals surface area contributed by atoms with Crippen LogP contribution in [-0.4, -0.2) is 16.5 Å². The Morgan fingerprint density at radius 3 is 2.84 bits per heavy atom. The molecule has 0 radical (unpaired) electrons. The van der Waals surface area contributed by atoms with Crippen molar-refractivity contribution in [3.8, 4) is 11.4 Å². The number of hydrogen-bond acceptors (Lipinski definition) is 5. The quantitative estimate of drug-likeness (QED) is 0.541. The molecule has 3 aromatic heterocycles.